The Balaban J connectivity index is 1.35. The smallest absolute Gasteiger partial charge is 0.256 e. The molecule has 0 saturated carbocycles. The molecule has 0 aliphatic carbocycles. The average Bonchev–Trinajstić information content (AvgIpc) is 3.67. The number of thiophene rings is 1. The topological polar surface area (TPSA) is 99.7 Å². The van der Waals surface area contributed by atoms with E-state index >= 15 is 0 Å². The maximum atomic E-state index is 13.9. The molecule has 202 valence electrons. The summed E-state index contributed by atoms with van der Waals surface area (Å²) < 4.78 is 0. The van der Waals surface area contributed by atoms with Crippen LogP contribution in [0.1, 0.15) is 58.3 Å². The number of hydrogen-bond acceptors (Lipinski definition) is 6. The summed E-state index contributed by atoms with van der Waals surface area (Å²) in [5, 5.41) is 4.87. The van der Waals surface area contributed by atoms with Crippen LogP contribution in [-0.4, -0.2) is 69.5 Å². The van der Waals surface area contributed by atoms with Crippen LogP contribution in [0.3, 0.4) is 0 Å². The van der Waals surface area contributed by atoms with E-state index in [4.69, 9.17) is 0 Å². The van der Waals surface area contributed by atoms with Crippen LogP contribution in [0.25, 0.3) is 0 Å². The first-order valence-corrected chi connectivity index (χ1v) is 14.0. The molecule has 2 saturated heterocycles. The number of likely N-dealkylation sites (tertiary alicyclic amines) is 2. The fourth-order valence-corrected chi connectivity index (χ4v) is 6.14. The fourth-order valence-electron chi connectivity index (χ4n) is 5.39. The molecule has 0 radical (unpaired) electrons. The molecule has 0 spiro atoms. The molecule has 39 heavy (non-hydrogen) atoms. The summed E-state index contributed by atoms with van der Waals surface area (Å²) in [7, 11) is 0. The SMILES string of the molecule is CC(C)(C)c1ccc(C(=O)N[C@@H](Cc2cccs2)C(=O)N2CCC3[C@H]2C(=O)CN3C(=O)c2cccnc2)cc1. The van der Waals surface area contributed by atoms with Crippen LogP contribution in [-0.2, 0) is 21.4 Å². The summed E-state index contributed by atoms with van der Waals surface area (Å²) in [6.07, 6.45) is 3.90. The van der Waals surface area contributed by atoms with Crippen molar-refractivity contribution in [1.82, 2.24) is 20.1 Å². The van der Waals surface area contributed by atoms with Gasteiger partial charge in [-0.2, -0.15) is 0 Å². The zero-order valence-corrected chi connectivity index (χ0v) is 23.1. The number of carbonyl (C=O) groups is 4. The largest absolute Gasteiger partial charge is 0.340 e. The maximum absolute atomic E-state index is 13.9. The first-order chi connectivity index (χ1) is 18.6. The molecule has 3 aromatic rings. The second-order valence-corrected chi connectivity index (χ2v) is 12.1. The van der Waals surface area contributed by atoms with Crippen molar-refractivity contribution in [1.29, 1.82) is 0 Å². The fraction of sp³-hybridized carbons (Fsp3) is 0.367. The van der Waals surface area contributed by atoms with Crippen molar-refractivity contribution in [3.05, 3.63) is 87.9 Å². The summed E-state index contributed by atoms with van der Waals surface area (Å²) in [6, 6.07) is 12.7. The van der Waals surface area contributed by atoms with Crippen LogP contribution in [0.4, 0.5) is 0 Å². The molecule has 2 fully saturated rings. The van der Waals surface area contributed by atoms with Gasteiger partial charge in [0.05, 0.1) is 18.2 Å². The Morgan fingerprint density at radius 2 is 1.82 bits per heavy atom. The van der Waals surface area contributed by atoms with Crippen molar-refractivity contribution in [3.8, 4) is 0 Å². The number of carbonyl (C=O) groups excluding carboxylic acids is 4. The van der Waals surface area contributed by atoms with Crippen LogP contribution in [0.2, 0.25) is 0 Å². The number of Topliss-reactive ketones (excluding diaryl/α,β-unsaturated/α-hetero) is 1. The van der Waals surface area contributed by atoms with Gasteiger partial charge in [0, 0.05) is 35.8 Å². The molecule has 1 unspecified atom stereocenters. The van der Waals surface area contributed by atoms with Crippen molar-refractivity contribution in [2.45, 2.75) is 57.2 Å². The van der Waals surface area contributed by atoms with Gasteiger partial charge < -0.3 is 15.1 Å². The molecule has 2 aromatic heterocycles. The van der Waals surface area contributed by atoms with E-state index in [0.29, 0.717) is 30.5 Å². The minimum atomic E-state index is -0.840. The molecule has 3 amide bonds. The van der Waals surface area contributed by atoms with Crippen molar-refractivity contribution >= 4 is 34.8 Å². The van der Waals surface area contributed by atoms with Crippen LogP contribution >= 0.6 is 11.3 Å². The van der Waals surface area contributed by atoms with E-state index in [-0.39, 0.29) is 35.5 Å². The van der Waals surface area contributed by atoms with Crippen molar-refractivity contribution < 1.29 is 19.2 Å². The van der Waals surface area contributed by atoms with Gasteiger partial charge in [0.1, 0.15) is 12.1 Å². The molecule has 8 nitrogen and oxygen atoms in total. The number of nitrogens with zero attached hydrogens (tertiary/aromatic N) is 3. The first kappa shape index (κ1) is 26.7. The molecular weight excluding hydrogens is 512 g/mol. The van der Waals surface area contributed by atoms with Gasteiger partial charge in [0.15, 0.2) is 5.78 Å². The van der Waals surface area contributed by atoms with Gasteiger partial charge in [0.2, 0.25) is 5.91 Å². The molecule has 2 aliphatic heterocycles. The third-order valence-electron chi connectivity index (χ3n) is 7.48. The lowest BCUT2D eigenvalue weighted by atomic mass is 9.86. The summed E-state index contributed by atoms with van der Waals surface area (Å²) >= 11 is 1.51. The molecule has 1 aromatic carbocycles. The average molecular weight is 545 g/mol. The quantitative estimate of drug-likeness (QED) is 0.512. The predicted molar refractivity (Wildman–Crippen MR) is 149 cm³/mol. The molecular formula is C30H32N4O4S. The minimum Gasteiger partial charge on any atom is -0.340 e. The third kappa shape index (κ3) is 5.49. The van der Waals surface area contributed by atoms with Crippen molar-refractivity contribution in [3.63, 3.8) is 0 Å². The van der Waals surface area contributed by atoms with Gasteiger partial charge in [-0.05, 0) is 53.1 Å². The summed E-state index contributed by atoms with van der Waals surface area (Å²) in [5.74, 6) is -1.07. The summed E-state index contributed by atoms with van der Waals surface area (Å²) in [6.45, 7) is 6.62. The number of aromatic nitrogens is 1. The molecule has 2 aliphatic rings. The van der Waals surface area contributed by atoms with Gasteiger partial charge in [-0.3, -0.25) is 24.2 Å². The van der Waals surface area contributed by atoms with Crippen LogP contribution < -0.4 is 5.32 Å². The normalized spacial score (nSPS) is 19.6. The standard InChI is InChI=1S/C30H32N4O4S/c1-30(2,3)21-10-8-19(9-11-21)27(36)32-23(16-22-7-5-15-39-22)29(38)33-14-12-24-26(33)25(35)18-34(24)28(37)20-6-4-13-31-17-20/h4-11,13,15,17,23-24,26H,12,14,16,18H2,1-3H3,(H,32,36)/t23-,24?,26-/m0/s1. The van der Waals surface area contributed by atoms with Crippen LogP contribution in [0.15, 0.2) is 66.3 Å². The number of pyridine rings is 1. The Bertz CT molecular complexity index is 1370. The Morgan fingerprint density at radius 3 is 2.46 bits per heavy atom. The molecule has 4 heterocycles. The zero-order chi connectivity index (χ0) is 27.7. The van der Waals surface area contributed by atoms with E-state index < -0.39 is 18.1 Å². The molecule has 5 rings (SSSR count). The highest BCUT2D eigenvalue weighted by Crippen LogP contribution is 2.32. The molecule has 9 heteroatoms. The highest BCUT2D eigenvalue weighted by Gasteiger charge is 2.52. The van der Waals surface area contributed by atoms with Gasteiger partial charge >= 0.3 is 0 Å². The number of rotatable bonds is 6. The highest BCUT2D eigenvalue weighted by molar-refractivity contribution is 7.09. The Labute approximate surface area is 232 Å². The van der Waals surface area contributed by atoms with Crippen LogP contribution in [0.5, 0.6) is 0 Å². The Morgan fingerprint density at radius 1 is 1.05 bits per heavy atom. The predicted octanol–water partition coefficient (Wildman–Crippen LogP) is 3.48. The summed E-state index contributed by atoms with van der Waals surface area (Å²) in [5.41, 5.74) is 1.95. The van der Waals surface area contributed by atoms with E-state index in [1.807, 2.05) is 29.6 Å². The third-order valence-corrected chi connectivity index (χ3v) is 8.38. The Kier molecular flexibility index (Phi) is 7.36. The summed E-state index contributed by atoms with van der Waals surface area (Å²) in [4.78, 5) is 61.5. The number of hydrogen-bond donors (Lipinski definition) is 1. The van der Waals surface area contributed by atoms with Gasteiger partial charge in [-0.1, -0.05) is 39.0 Å². The van der Waals surface area contributed by atoms with Crippen molar-refractivity contribution in [2.75, 3.05) is 13.1 Å². The van der Waals surface area contributed by atoms with Gasteiger partial charge in [0.25, 0.3) is 11.8 Å². The molecule has 1 N–H and O–H groups in total. The molecule has 3 atom stereocenters. The minimum absolute atomic E-state index is 0.0426. The zero-order valence-electron chi connectivity index (χ0n) is 22.3. The van der Waals surface area contributed by atoms with E-state index in [9.17, 15) is 19.2 Å². The lowest BCUT2D eigenvalue weighted by Crippen LogP contribution is -2.53. The number of nitrogens with one attached hydrogen (secondary N) is 1. The Hall–Kier alpha value is -3.85. The van der Waals surface area contributed by atoms with E-state index in [2.05, 4.69) is 31.1 Å². The maximum Gasteiger partial charge on any atom is 0.256 e. The van der Waals surface area contributed by atoms with Gasteiger partial charge in [-0.15, -0.1) is 11.3 Å². The molecule has 0 bridgehead atoms. The number of fused-ring (bicyclic) bond motifs is 1. The monoisotopic (exact) mass is 544 g/mol. The van der Waals surface area contributed by atoms with E-state index in [1.165, 1.54) is 17.5 Å². The van der Waals surface area contributed by atoms with Gasteiger partial charge in [-0.25, -0.2) is 0 Å². The number of amides is 3. The number of ketones is 1. The number of benzene rings is 1. The second-order valence-electron chi connectivity index (χ2n) is 11.1. The highest BCUT2D eigenvalue weighted by atomic mass is 32.1. The second kappa shape index (κ2) is 10.7. The van der Waals surface area contributed by atoms with Crippen LogP contribution in [0, 0.1) is 0 Å². The van der Waals surface area contributed by atoms with E-state index in [0.717, 1.165) is 10.4 Å². The van der Waals surface area contributed by atoms with Crippen molar-refractivity contribution in [2.24, 2.45) is 0 Å². The lowest BCUT2D eigenvalue weighted by molar-refractivity contribution is -0.138. The lowest BCUT2D eigenvalue weighted by Gasteiger charge is -2.28. The van der Waals surface area contributed by atoms with E-state index in [1.54, 1.807) is 40.3 Å². The first-order valence-electron chi connectivity index (χ1n) is 13.1.